The van der Waals surface area contributed by atoms with Crippen LogP contribution in [0.4, 0.5) is 0 Å². The van der Waals surface area contributed by atoms with Crippen molar-refractivity contribution >= 4 is 5.78 Å². The highest BCUT2D eigenvalue weighted by atomic mass is 16.5. The fraction of sp³-hybridized carbons (Fsp3) is 0.455. The fourth-order valence-electron chi connectivity index (χ4n) is 4.40. The van der Waals surface area contributed by atoms with Crippen molar-refractivity contribution in [1.29, 1.82) is 5.26 Å². The monoisotopic (exact) mass is 396 g/mol. The smallest absolute Gasteiger partial charge is 0.164 e. The lowest BCUT2D eigenvalue weighted by molar-refractivity contribution is -0.119. The second-order valence-electron chi connectivity index (χ2n) is 8.39. The van der Waals surface area contributed by atoms with Gasteiger partial charge in [-0.3, -0.25) is 9.80 Å². The van der Waals surface area contributed by atoms with Gasteiger partial charge < -0.3 is 15.2 Å². The van der Waals surface area contributed by atoms with Crippen molar-refractivity contribution in [3.8, 4) is 17.6 Å². The number of rotatable bonds is 4. The van der Waals surface area contributed by atoms with Crippen molar-refractivity contribution in [2.45, 2.75) is 32.6 Å². The highest BCUT2D eigenvalue weighted by Crippen LogP contribution is 2.51. The van der Waals surface area contributed by atoms with E-state index >= 15 is 0 Å². The number of nitrogens with two attached hydrogens (primary N) is 1. The van der Waals surface area contributed by atoms with Crippen LogP contribution in [0.2, 0.25) is 0 Å². The molecule has 1 aliphatic heterocycles. The first-order valence-electron chi connectivity index (χ1n) is 9.51. The normalized spacial score (nSPS) is 21.2. The maximum atomic E-state index is 13.4. The molecule has 1 aromatic carbocycles. The van der Waals surface area contributed by atoms with Crippen LogP contribution in [-0.4, -0.2) is 44.1 Å². The summed E-state index contributed by atoms with van der Waals surface area (Å²) in [6.07, 6.45) is 1.09. The van der Waals surface area contributed by atoms with E-state index in [2.05, 4.69) is 19.9 Å². The molecule has 0 aromatic heterocycles. The Kier molecular flexibility index (Phi) is 5.33. The lowest BCUT2D eigenvalue weighted by Gasteiger charge is -2.45. The van der Waals surface area contributed by atoms with Gasteiger partial charge in [0.1, 0.15) is 5.82 Å². The Morgan fingerprint density at radius 1 is 1.24 bits per heavy atom. The molecule has 7 nitrogen and oxygen atoms in total. The van der Waals surface area contributed by atoms with Crippen molar-refractivity contribution in [1.82, 2.24) is 10.0 Å². The number of nitriles is 1. The molecule has 1 aromatic rings. The van der Waals surface area contributed by atoms with Gasteiger partial charge in [-0.15, -0.1) is 0 Å². The third-order valence-electron chi connectivity index (χ3n) is 5.50. The molecule has 0 saturated heterocycles. The number of allylic oxidation sites excluding steroid dienone is 3. The predicted molar refractivity (Wildman–Crippen MR) is 110 cm³/mol. The first-order chi connectivity index (χ1) is 13.7. The van der Waals surface area contributed by atoms with E-state index < -0.39 is 5.92 Å². The Hall–Kier alpha value is -2.98. The zero-order valence-electron chi connectivity index (χ0n) is 17.9. The van der Waals surface area contributed by atoms with Gasteiger partial charge in [0.15, 0.2) is 17.3 Å². The van der Waals surface area contributed by atoms with Crippen molar-refractivity contribution in [2.75, 3.05) is 28.3 Å². The molecule has 29 heavy (non-hydrogen) atoms. The topological polar surface area (TPSA) is 91.8 Å². The van der Waals surface area contributed by atoms with Crippen molar-refractivity contribution < 1.29 is 14.3 Å². The number of carbonyl (C=O) groups excluding carboxylic acids is 1. The Labute approximate surface area is 171 Å². The molecule has 0 bridgehead atoms. The highest BCUT2D eigenvalue weighted by molar-refractivity contribution is 6.00. The average molecular weight is 396 g/mol. The van der Waals surface area contributed by atoms with E-state index in [0.29, 0.717) is 46.9 Å². The summed E-state index contributed by atoms with van der Waals surface area (Å²) in [5.41, 5.74) is 8.77. The number of hydrogen-bond acceptors (Lipinski definition) is 7. The molecule has 2 aliphatic rings. The summed E-state index contributed by atoms with van der Waals surface area (Å²) >= 11 is 0. The molecule has 1 atom stereocenters. The van der Waals surface area contributed by atoms with E-state index in [1.165, 1.54) is 0 Å². The van der Waals surface area contributed by atoms with E-state index in [1.54, 1.807) is 25.3 Å². The Balaban J connectivity index is 2.35. The van der Waals surface area contributed by atoms with Gasteiger partial charge in [0.25, 0.3) is 0 Å². The second-order valence-corrected chi connectivity index (χ2v) is 8.39. The number of carbonyl (C=O) groups is 1. The summed E-state index contributed by atoms with van der Waals surface area (Å²) < 4.78 is 11.1. The van der Waals surface area contributed by atoms with E-state index in [4.69, 9.17) is 15.2 Å². The standard InChI is InChI=1S/C22H28N4O3/c1-22(2)10-15-19(16(27)11-22)18(14(12-23)21(24)26(15)25(3)4)13-8-7-9-17(28-5)20(13)29-6/h7-9,18H,10-11,24H2,1-6H3/t18-/m0/s1. The minimum absolute atomic E-state index is 0.0261. The van der Waals surface area contributed by atoms with Gasteiger partial charge in [-0.05, 0) is 17.9 Å². The van der Waals surface area contributed by atoms with Gasteiger partial charge in [-0.1, -0.05) is 26.0 Å². The van der Waals surface area contributed by atoms with E-state index in [0.717, 1.165) is 5.70 Å². The van der Waals surface area contributed by atoms with Crippen LogP contribution < -0.4 is 15.2 Å². The number of hydrogen-bond donors (Lipinski definition) is 1. The molecule has 0 fully saturated rings. The van der Waals surface area contributed by atoms with Crippen LogP contribution in [0, 0.1) is 16.7 Å². The van der Waals surface area contributed by atoms with Gasteiger partial charge in [0, 0.05) is 37.3 Å². The summed E-state index contributed by atoms with van der Waals surface area (Å²) in [4.78, 5) is 13.4. The largest absolute Gasteiger partial charge is 0.493 e. The minimum Gasteiger partial charge on any atom is -0.493 e. The Morgan fingerprint density at radius 2 is 1.93 bits per heavy atom. The number of para-hydroxylation sites is 1. The maximum Gasteiger partial charge on any atom is 0.164 e. The number of methoxy groups -OCH3 is 2. The molecular formula is C22H28N4O3. The Bertz CT molecular complexity index is 953. The van der Waals surface area contributed by atoms with Crippen LogP contribution in [0.1, 0.15) is 38.2 Å². The summed E-state index contributed by atoms with van der Waals surface area (Å²) in [6, 6.07) is 7.73. The number of ether oxygens (including phenoxy) is 2. The molecule has 0 radical (unpaired) electrons. The van der Waals surface area contributed by atoms with E-state index in [1.807, 2.05) is 31.2 Å². The minimum atomic E-state index is -0.597. The van der Waals surface area contributed by atoms with Crippen molar-refractivity contribution in [3.05, 3.63) is 46.4 Å². The molecule has 0 spiro atoms. The van der Waals surface area contributed by atoms with E-state index in [9.17, 15) is 10.1 Å². The van der Waals surface area contributed by atoms with Crippen LogP contribution >= 0.6 is 0 Å². The zero-order chi connectivity index (χ0) is 21.5. The first kappa shape index (κ1) is 20.7. The van der Waals surface area contributed by atoms with E-state index in [-0.39, 0.29) is 11.2 Å². The highest BCUT2D eigenvalue weighted by Gasteiger charge is 2.45. The van der Waals surface area contributed by atoms with Gasteiger partial charge in [-0.25, -0.2) is 5.01 Å². The summed E-state index contributed by atoms with van der Waals surface area (Å²) in [5.74, 6) is 0.805. The summed E-state index contributed by atoms with van der Waals surface area (Å²) in [5, 5.41) is 13.6. The lowest BCUT2D eigenvalue weighted by atomic mass is 9.69. The third kappa shape index (κ3) is 3.34. The molecule has 0 amide bonds. The number of benzene rings is 1. The third-order valence-corrected chi connectivity index (χ3v) is 5.50. The second kappa shape index (κ2) is 7.45. The average Bonchev–Trinajstić information content (AvgIpc) is 2.64. The first-order valence-corrected chi connectivity index (χ1v) is 9.51. The number of Topliss-reactive ketones (excluding diaryl/α,β-unsaturated/α-hetero) is 1. The molecule has 1 aliphatic carbocycles. The molecule has 154 valence electrons. The van der Waals surface area contributed by atoms with Gasteiger partial charge in [0.2, 0.25) is 0 Å². The van der Waals surface area contributed by atoms with Gasteiger partial charge >= 0.3 is 0 Å². The number of hydrazine groups is 1. The van der Waals surface area contributed by atoms with Crippen molar-refractivity contribution in [2.24, 2.45) is 11.1 Å². The molecule has 7 heteroatoms. The summed E-state index contributed by atoms with van der Waals surface area (Å²) in [6.45, 7) is 4.15. The van der Waals surface area contributed by atoms with Crippen LogP contribution in [-0.2, 0) is 4.79 Å². The SMILES string of the molecule is COc1cccc([C@H]2C(C#N)=C(N)N(N(C)C)C3=C2C(=O)CC(C)(C)C3)c1OC. The zero-order valence-corrected chi connectivity index (χ0v) is 17.9. The Morgan fingerprint density at radius 3 is 2.48 bits per heavy atom. The quantitative estimate of drug-likeness (QED) is 0.836. The molecule has 3 rings (SSSR count). The molecular weight excluding hydrogens is 368 g/mol. The van der Waals surface area contributed by atoms with Crippen LogP contribution in [0.5, 0.6) is 11.5 Å². The predicted octanol–water partition coefficient (Wildman–Crippen LogP) is 2.92. The number of ketones is 1. The maximum absolute atomic E-state index is 13.4. The molecule has 2 N–H and O–H groups in total. The number of nitrogens with zero attached hydrogens (tertiary/aromatic N) is 3. The molecule has 0 unspecified atom stereocenters. The lowest BCUT2D eigenvalue weighted by Crippen LogP contribution is -2.47. The summed E-state index contributed by atoms with van der Waals surface area (Å²) in [7, 11) is 6.82. The van der Waals surface area contributed by atoms with Crippen LogP contribution in [0.3, 0.4) is 0 Å². The van der Waals surface area contributed by atoms with Crippen LogP contribution in [0.15, 0.2) is 40.9 Å². The van der Waals surface area contributed by atoms with Crippen molar-refractivity contribution in [3.63, 3.8) is 0 Å². The van der Waals surface area contributed by atoms with Crippen LogP contribution in [0.25, 0.3) is 0 Å². The molecule has 0 saturated carbocycles. The van der Waals surface area contributed by atoms with Gasteiger partial charge in [-0.2, -0.15) is 5.26 Å². The van der Waals surface area contributed by atoms with Gasteiger partial charge in [0.05, 0.1) is 31.8 Å². The molecule has 1 heterocycles. The fourth-order valence-corrected chi connectivity index (χ4v) is 4.40.